The number of piperidine rings is 1. The average molecular weight is 398 g/mol. The summed E-state index contributed by atoms with van der Waals surface area (Å²) in [5.74, 6) is -0.331. The number of rotatable bonds is 4. The Bertz CT molecular complexity index is 751. The van der Waals surface area contributed by atoms with Crippen LogP contribution < -0.4 is 0 Å². The fraction of sp³-hybridized carbons (Fsp3) is 0.632. The molecule has 2 aliphatic heterocycles. The Kier molecular flexibility index (Phi) is 6.18. The van der Waals surface area contributed by atoms with E-state index in [0.717, 1.165) is 31.4 Å². The molecule has 8 heteroatoms. The predicted molar refractivity (Wildman–Crippen MR) is 101 cm³/mol. The van der Waals surface area contributed by atoms with Crippen molar-refractivity contribution in [2.24, 2.45) is 0 Å². The fourth-order valence-corrected chi connectivity index (χ4v) is 5.49. The molecule has 0 aliphatic carbocycles. The molecule has 2 aliphatic rings. The van der Waals surface area contributed by atoms with Crippen molar-refractivity contribution in [2.45, 2.75) is 50.1 Å². The van der Waals surface area contributed by atoms with Gasteiger partial charge in [0.25, 0.3) is 0 Å². The summed E-state index contributed by atoms with van der Waals surface area (Å²) in [6.45, 7) is 6.22. The molecule has 3 rings (SSSR count). The third kappa shape index (κ3) is 4.50. The second-order valence-corrected chi connectivity index (χ2v) is 9.50. The molecule has 27 heavy (non-hydrogen) atoms. The minimum absolute atomic E-state index is 0.101. The zero-order valence-electron chi connectivity index (χ0n) is 16.0. The topological polar surface area (TPSA) is 60.9 Å². The Labute approximate surface area is 161 Å². The van der Waals surface area contributed by atoms with Gasteiger partial charge in [0.15, 0.2) is 0 Å². The quantitative estimate of drug-likeness (QED) is 0.779. The van der Waals surface area contributed by atoms with Crippen LogP contribution in [0.1, 0.15) is 33.1 Å². The van der Waals surface area contributed by atoms with Gasteiger partial charge in [0.05, 0.1) is 11.4 Å². The second kappa shape index (κ2) is 8.24. The van der Waals surface area contributed by atoms with Crippen molar-refractivity contribution in [3.05, 3.63) is 30.1 Å². The summed E-state index contributed by atoms with van der Waals surface area (Å²) < 4.78 is 39.8. The molecule has 2 heterocycles. The van der Waals surface area contributed by atoms with Gasteiger partial charge in [-0.05, 0) is 57.4 Å². The summed E-state index contributed by atoms with van der Waals surface area (Å²) in [6.07, 6.45) is 3.24. The van der Waals surface area contributed by atoms with Crippen molar-refractivity contribution in [3.63, 3.8) is 0 Å². The van der Waals surface area contributed by atoms with Crippen molar-refractivity contribution in [1.29, 1.82) is 0 Å². The molecule has 1 aromatic rings. The average Bonchev–Trinajstić information content (AvgIpc) is 2.62. The van der Waals surface area contributed by atoms with E-state index >= 15 is 0 Å². The molecule has 1 aromatic carbocycles. The predicted octanol–water partition coefficient (Wildman–Crippen LogP) is 1.92. The van der Waals surface area contributed by atoms with Crippen molar-refractivity contribution in [2.75, 3.05) is 32.7 Å². The molecule has 2 atom stereocenters. The molecule has 0 N–H and O–H groups in total. The highest BCUT2D eigenvalue weighted by molar-refractivity contribution is 7.89. The van der Waals surface area contributed by atoms with Crippen LogP contribution in [0.4, 0.5) is 4.39 Å². The Morgan fingerprint density at radius 2 is 1.59 bits per heavy atom. The molecule has 0 unspecified atom stereocenters. The maximum absolute atomic E-state index is 13.0. The van der Waals surface area contributed by atoms with Gasteiger partial charge in [0, 0.05) is 38.3 Å². The highest BCUT2D eigenvalue weighted by atomic mass is 32.2. The van der Waals surface area contributed by atoms with Crippen LogP contribution in [-0.2, 0) is 14.8 Å². The Hall–Kier alpha value is -1.51. The number of nitrogens with zero attached hydrogens (tertiary/aromatic N) is 3. The smallest absolute Gasteiger partial charge is 0.243 e. The third-order valence-corrected chi connectivity index (χ3v) is 7.54. The van der Waals surface area contributed by atoms with Crippen LogP contribution in [0.3, 0.4) is 0 Å². The molecule has 0 spiro atoms. The Morgan fingerprint density at radius 3 is 2.15 bits per heavy atom. The lowest BCUT2D eigenvalue weighted by Crippen LogP contribution is -2.54. The van der Waals surface area contributed by atoms with E-state index in [4.69, 9.17) is 0 Å². The highest BCUT2D eigenvalue weighted by Crippen LogP contribution is 2.23. The summed E-state index contributed by atoms with van der Waals surface area (Å²) in [5, 5.41) is 0. The number of piperazine rings is 1. The molecule has 1 amide bonds. The third-order valence-electron chi connectivity index (χ3n) is 5.62. The molecule has 6 nitrogen and oxygen atoms in total. The van der Waals surface area contributed by atoms with Gasteiger partial charge in [-0.1, -0.05) is 0 Å². The number of hydrogen-bond acceptors (Lipinski definition) is 4. The van der Waals surface area contributed by atoms with E-state index in [9.17, 15) is 17.6 Å². The monoisotopic (exact) mass is 397 g/mol. The van der Waals surface area contributed by atoms with Crippen molar-refractivity contribution < 1.29 is 17.6 Å². The number of likely N-dealkylation sites (tertiary alicyclic amines) is 1. The lowest BCUT2D eigenvalue weighted by molar-refractivity contribution is -0.138. The second-order valence-electron chi connectivity index (χ2n) is 7.56. The first-order valence-electron chi connectivity index (χ1n) is 9.58. The van der Waals surface area contributed by atoms with E-state index in [2.05, 4.69) is 13.8 Å². The molecular formula is C19H28FN3O3S. The lowest BCUT2D eigenvalue weighted by Gasteiger charge is -2.41. The van der Waals surface area contributed by atoms with Crippen LogP contribution in [0.25, 0.3) is 0 Å². The van der Waals surface area contributed by atoms with E-state index in [1.54, 1.807) is 0 Å². The maximum atomic E-state index is 13.0. The molecule has 0 saturated carbocycles. The number of hydrogen-bond donors (Lipinski definition) is 0. The van der Waals surface area contributed by atoms with E-state index in [-0.39, 0.29) is 22.9 Å². The molecule has 0 bridgehead atoms. The molecular weight excluding hydrogens is 369 g/mol. The van der Waals surface area contributed by atoms with Gasteiger partial charge >= 0.3 is 0 Å². The van der Waals surface area contributed by atoms with Crippen LogP contribution in [0.15, 0.2) is 29.2 Å². The van der Waals surface area contributed by atoms with Crippen LogP contribution in [0, 0.1) is 5.82 Å². The van der Waals surface area contributed by atoms with E-state index < -0.39 is 15.8 Å². The minimum atomic E-state index is -3.62. The van der Waals surface area contributed by atoms with Gasteiger partial charge in [0.1, 0.15) is 5.82 Å². The zero-order chi connectivity index (χ0) is 19.6. The molecule has 2 saturated heterocycles. The molecule has 2 fully saturated rings. The summed E-state index contributed by atoms with van der Waals surface area (Å²) >= 11 is 0. The van der Waals surface area contributed by atoms with Gasteiger partial charge in [0.2, 0.25) is 15.9 Å². The van der Waals surface area contributed by atoms with Gasteiger partial charge < -0.3 is 4.90 Å². The van der Waals surface area contributed by atoms with Crippen LogP contribution in [-0.4, -0.2) is 73.2 Å². The summed E-state index contributed by atoms with van der Waals surface area (Å²) in [5.41, 5.74) is 0. The van der Waals surface area contributed by atoms with Crippen molar-refractivity contribution in [1.82, 2.24) is 14.1 Å². The highest BCUT2D eigenvalue weighted by Gasteiger charge is 2.32. The standard InChI is InChI=1S/C19H28FN3O3S/c1-15-4-3-5-16(2)23(15)19(24)14-21-10-12-22(13-11-21)27(25,26)18-8-6-17(20)7-9-18/h6-9,15-16H,3-5,10-14H2,1-2H3/t15-,16-/m0/s1. The zero-order valence-corrected chi connectivity index (χ0v) is 16.8. The van der Waals surface area contributed by atoms with Gasteiger partial charge in [-0.25, -0.2) is 12.8 Å². The van der Waals surface area contributed by atoms with Crippen LogP contribution in [0.5, 0.6) is 0 Å². The van der Waals surface area contributed by atoms with Crippen molar-refractivity contribution >= 4 is 15.9 Å². The normalized spacial score (nSPS) is 25.5. The first kappa shape index (κ1) is 20.2. The number of halogens is 1. The molecule has 0 radical (unpaired) electrons. The van der Waals surface area contributed by atoms with Gasteiger partial charge in [-0.3, -0.25) is 9.69 Å². The van der Waals surface area contributed by atoms with Crippen LogP contribution >= 0.6 is 0 Å². The summed E-state index contributed by atoms with van der Waals surface area (Å²) in [6, 6.07) is 5.42. The van der Waals surface area contributed by atoms with Crippen molar-refractivity contribution in [3.8, 4) is 0 Å². The van der Waals surface area contributed by atoms with E-state index in [1.807, 2.05) is 9.80 Å². The molecule has 0 aromatic heterocycles. The Morgan fingerprint density at radius 1 is 1.04 bits per heavy atom. The minimum Gasteiger partial charge on any atom is -0.336 e. The number of benzene rings is 1. The lowest BCUT2D eigenvalue weighted by atomic mass is 9.97. The number of carbonyl (C=O) groups is 1. The SMILES string of the molecule is C[C@H]1CCC[C@H](C)N1C(=O)CN1CCN(S(=O)(=O)c2ccc(F)cc2)CC1. The number of sulfonamides is 1. The van der Waals surface area contributed by atoms with Gasteiger partial charge in [-0.2, -0.15) is 4.31 Å². The summed E-state index contributed by atoms with van der Waals surface area (Å²) in [7, 11) is -3.62. The van der Waals surface area contributed by atoms with Gasteiger partial charge in [-0.15, -0.1) is 0 Å². The number of carbonyl (C=O) groups excluding carboxylic acids is 1. The van der Waals surface area contributed by atoms with Crippen LogP contribution in [0.2, 0.25) is 0 Å². The maximum Gasteiger partial charge on any atom is 0.243 e. The van der Waals surface area contributed by atoms with E-state index in [0.29, 0.717) is 32.7 Å². The Balaban J connectivity index is 1.57. The van der Waals surface area contributed by atoms with E-state index in [1.165, 1.54) is 16.4 Å². The fourth-order valence-electron chi connectivity index (χ4n) is 4.07. The number of amides is 1. The first-order valence-corrected chi connectivity index (χ1v) is 11.0. The molecule has 150 valence electrons. The summed E-state index contributed by atoms with van der Waals surface area (Å²) in [4.78, 5) is 16.8. The first-order chi connectivity index (χ1) is 12.8. The largest absolute Gasteiger partial charge is 0.336 e.